The summed E-state index contributed by atoms with van der Waals surface area (Å²) in [5.41, 5.74) is 1.32. The zero-order chi connectivity index (χ0) is 22.8. The molecule has 2 unspecified atom stereocenters. The monoisotopic (exact) mass is 442 g/mol. The number of amides is 2. The molecule has 174 valence electrons. The van der Waals surface area contributed by atoms with Gasteiger partial charge < -0.3 is 24.3 Å². The average Bonchev–Trinajstić information content (AvgIpc) is 3.22. The second-order valence-electron chi connectivity index (χ2n) is 9.29. The minimum Gasteiger partial charge on any atom is -0.497 e. The van der Waals surface area contributed by atoms with Crippen molar-refractivity contribution in [3.63, 3.8) is 0 Å². The second kappa shape index (κ2) is 9.40. The molecule has 2 aliphatic heterocycles. The van der Waals surface area contributed by atoms with E-state index >= 15 is 0 Å². The topological polar surface area (TPSA) is 78.1 Å². The number of nitrogens with one attached hydrogen (secondary N) is 1. The molecule has 2 aliphatic rings. The smallest absolute Gasteiger partial charge is 0.270 e. The van der Waals surface area contributed by atoms with Crippen LogP contribution in [0.4, 0.5) is 0 Å². The molecule has 0 saturated carbocycles. The van der Waals surface area contributed by atoms with Gasteiger partial charge in [-0.25, -0.2) is 0 Å². The Labute approximate surface area is 189 Å². The van der Waals surface area contributed by atoms with Crippen LogP contribution in [0.15, 0.2) is 18.2 Å². The largest absolute Gasteiger partial charge is 0.497 e. The zero-order valence-corrected chi connectivity index (χ0v) is 19.5. The summed E-state index contributed by atoms with van der Waals surface area (Å²) in [6.07, 6.45) is 1.19. The number of aromatic amines is 1. The molecule has 1 aromatic heterocycles. The van der Waals surface area contributed by atoms with Crippen LogP contribution in [0.25, 0.3) is 10.9 Å². The minimum atomic E-state index is -0.0353. The van der Waals surface area contributed by atoms with Gasteiger partial charge in [-0.05, 0) is 30.4 Å². The maximum Gasteiger partial charge on any atom is 0.270 e. The van der Waals surface area contributed by atoms with E-state index in [-0.39, 0.29) is 11.8 Å². The van der Waals surface area contributed by atoms with Crippen LogP contribution in [0.5, 0.6) is 11.5 Å². The van der Waals surface area contributed by atoms with Crippen molar-refractivity contribution in [2.75, 3.05) is 60.0 Å². The molecule has 0 spiro atoms. The first-order valence-electron chi connectivity index (χ1n) is 11.4. The standard InChI is InChI=1S/C24H34N4O4/c1-16-9-17(2)14-28(13-16)22(29)15-26-5-7-27(8-6-26)24(30)20-11-18-10-19(31-3)12-21(32-4)23(18)25-20/h10-12,16-17,25H,5-9,13-15H2,1-4H3. The van der Waals surface area contributed by atoms with E-state index in [2.05, 4.69) is 23.7 Å². The highest BCUT2D eigenvalue weighted by molar-refractivity contribution is 6.00. The van der Waals surface area contributed by atoms with Crippen molar-refractivity contribution in [1.29, 1.82) is 0 Å². The van der Waals surface area contributed by atoms with Crippen LogP contribution in [-0.2, 0) is 4.79 Å². The maximum atomic E-state index is 13.1. The molecule has 2 saturated heterocycles. The van der Waals surface area contributed by atoms with E-state index in [1.54, 1.807) is 20.3 Å². The normalized spacial score (nSPS) is 22.2. The number of piperazine rings is 1. The third-order valence-electron chi connectivity index (χ3n) is 6.59. The number of methoxy groups -OCH3 is 2. The number of hydrogen-bond acceptors (Lipinski definition) is 5. The van der Waals surface area contributed by atoms with Crippen LogP contribution in [-0.4, -0.2) is 91.5 Å². The molecule has 2 atom stereocenters. The first kappa shape index (κ1) is 22.5. The van der Waals surface area contributed by atoms with Crippen LogP contribution in [0.3, 0.4) is 0 Å². The summed E-state index contributed by atoms with van der Waals surface area (Å²) in [6, 6.07) is 5.53. The molecule has 4 rings (SSSR count). The summed E-state index contributed by atoms with van der Waals surface area (Å²) in [6.45, 7) is 9.20. The number of likely N-dealkylation sites (tertiary alicyclic amines) is 1. The van der Waals surface area contributed by atoms with E-state index in [1.165, 1.54) is 6.42 Å². The lowest BCUT2D eigenvalue weighted by Crippen LogP contribution is -2.53. The number of ether oxygens (including phenoxy) is 2. The Balaban J connectivity index is 1.36. The molecule has 3 heterocycles. The lowest BCUT2D eigenvalue weighted by atomic mass is 9.92. The summed E-state index contributed by atoms with van der Waals surface area (Å²) in [4.78, 5) is 35.1. The number of fused-ring (bicyclic) bond motifs is 1. The van der Waals surface area contributed by atoms with Gasteiger partial charge in [0.2, 0.25) is 5.91 Å². The predicted molar refractivity (Wildman–Crippen MR) is 123 cm³/mol. The van der Waals surface area contributed by atoms with Crippen molar-refractivity contribution in [2.45, 2.75) is 20.3 Å². The molecule has 8 heteroatoms. The Kier molecular flexibility index (Phi) is 6.60. The number of H-pyrrole nitrogens is 1. The van der Waals surface area contributed by atoms with Gasteiger partial charge in [0.15, 0.2) is 0 Å². The lowest BCUT2D eigenvalue weighted by molar-refractivity contribution is -0.135. The van der Waals surface area contributed by atoms with Crippen molar-refractivity contribution in [3.8, 4) is 11.5 Å². The molecule has 2 aromatic rings. The van der Waals surface area contributed by atoms with Crippen LogP contribution in [0, 0.1) is 11.8 Å². The highest BCUT2D eigenvalue weighted by atomic mass is 16.5. The third-order valence-corrected chi connectivity index (χ3v) is 6.59. The molecule has 0 bridgehead atoms. The zero-order valence-electron chi connectivity index (χ0n) is 19.5. The third kappa shape index (κ3) is 4.70. The summed E-state index contributed by atoms with van der Waals surface area (Å²) in [7, 11) is 3.21. The van der Waals surface area contributed by atoms with Crippen LogP contribution < -0.4 is 9.47 Å². The maximum absolute atomic E-state index is 13.1. The average molecular weight is 443 g/mol. The quantitative estimate of drug-likeness (QED) is 0.770. The second-order valence-corrected chi connectivity index (χ2v) is 9.29. The Bertz CT molecular complexity index is 970. The molecule has 0 radical (unpaired) electrons. The first-order valence-corrected chi connectivity index (χ1v) is 11.4. The fourth-order valence-corrected chi connectivity index (χ4v) is 5.02. The number of carbonyl (C=O) groups excluding carboxylic acids is 2. The SMILES string of the molecule is COc1cc(OC)c2[nH]c(C(=O)N3CCN(CC(=O)N4CC(C)CC(C)C4)CC3)cc2c1. The Morgan fingerprint density at radius 2 is 1.66 bits per heavy atom. The molecule has 32 heavy (non-hydrogen) atoms. The summed E-state index contributed by atoms with van der Waals surface area (Å²) < 4.78 is 10.8. The number of aromatic nitrogens is 1. The highest BCUT2D eigenvalue weighted by Crippen LogP contribution is 2.31. The van der Waals surface area contributed by atoms with E-state index in [0.29, 0.717) is 61.8 Å². The fourth-order valence-electron chi connectivity index (χ4n) is 5.02. The number of rotatable bonds is 5. The van der Waals surface area contributed by atoms with Crippen molar-refractivity contribution >= 4 is 22.7 Å². The molecule has 2 amide bonds. The van der Waals surface area contributed by atoms with E-state index in [9.17, 15) is 9.59 Å². The van der Waals surface area contributed by atoms with Gasteiger partial charge in [0.05, 0.1) is 26.3 Å². The van der Waals surface area contributed by atoms with Crippen molar-refractivity contribution in [1.82, 2.24) is 19.7 Å². The number of piperidine rings is 1. The number of hydrogen-bond donors (Lipinski definition) is 1. The van der Waals surface area contributed by atoms with Gasteiger partial charge in [-0.2, -0.15) is 0 Å². The first-order chi connectivity index (χ1) is 15.4. The molecular weight excluding hydrogens is 408 g/mol. The predicted octanol–water partition coefficient (Wildman–Crippen LogP) is 2.45. The molecular formula is C24H34N4O4. The fraction of sp³-hybridized carbons (Fsp3) is 0.583. The summed E-state index contributed by atoms with van der Waals surface area (Å²) >= 11 is 0. The van der Waals surface area contributed by atoms with E-state index in [0.717, 1.165) is 24.0 Å². The van der Waals surface area contributed by atoms with Crippen molar-refractivity contribution in [3.05, 3.63) is 23.9 Å². The number of nitrogens with zero attached hydrogens (tertiary/aromatic N) is 3. The highest BCUT2D eigenvalue weighted by Gasteiger charge is 2.29. The van der Waals surface area contributed by atoms with E-state index in [4.69, 9.17) is 9.47 Å². The minimum absolute atomic E-state index is 0.0353. The molecule has 8 nitrogen and oxygen atoms in total. The molecule has 1 N–H and O–H groups in total. The van der Waals surface area contributed by atoms with Crippen LogP contribution in [0.2, 0.25) is 0 Å². The molecule has 1 aromatic carbocycles. The van der Waals surface area contributed by atoms with Crippen molar-refractivity contribution in [2.24, 2.45) is 11.8 Å². The van der Waals surface area contributed by atoms with Crippen LogP contribution >= 0.6 is 0 Å². The van der Waals surface area contributed by atoms with Gasteiger partial charge in [-0.3, -0.25) is 14.5 Å². The molecule has 0 aliphatic carbocycles. The summed E-state index contributed by atoms with van der Waals surface area (Å²) in [5, 5.41) is 0.874. The van der Waals surface area contributed by atoms with Crippen LogP contribution in [0.1, 0.15) is 30.8 Å². The van der Waals surface area contributed by atoms with Gasteiger partial charge in [0.25, 0.3) is 5.91 Å². The molecule has 2 fully saturated rings. The number of benzene rings is 1. The summed E-state index contributed by atoms with van der Waals surface area (Å²) in [5.74, 6) is 2.62. The Morgan fingerprint density at radius 1 is 0.969 bits per heavy atom. The van der Waals surface area contributed by atoms with E-state index < -0.39 is 0 Å². The van der Waals surface area contributed by atoms with Gasteiger partial charge in [0.1, 0.15) is 17.2 Å². The Morgan fingerprint density at radius 3 is 2.28 bits per heavy atom. The van der Waals surface area contributed by atoms with Gasteiger partial charge >= 0.3 is 0 Å². The van der Waals surface area contributed by atoms with Crippen molar-refractivity contribution < 1.29 is 19.1 Å². The number of carbonyl (C=O) groups is 2. The van der Waals surface area contributed by atoms with Gasteiger partial charge in [0, 0.05) is 50.7 Å². The van der Waals surface area contributed by atoms with Gasteiger partial charge in [-0.15, -0.1) is 0 Å². The van der Waals surface area contributed by atoms with Gasteiger partial charge in [-0.1, -0.05) is 13.8 Å². The van der Waals surface area contributed by atoms with E-state index in [1.807, 2.05) is 21.9 Å². The lowest BCUT2D eigenvalue weighted by Gasteiger charge is -2.38. The Hall–Kier alpha value is -2.74.